The Kier molecular flexibility index (Phi) is 18.3. The van der Waals surface area contributed by atoms with Crippen LogP contribution >= 0.6 is 0 Å². The molecule has 3 N–H and O–H groups in total. The minimum atomic E-state index is -3.05. The van der Waals surface area contributed by atoms with Gasteiger partial charge >= 0.3 is 5.97 Å². The standard InChI is InChI=1S/C61H77N9O11S/c1-10-69-51-19-18-42-31-46(51)47(52(69)32-49(39(5)78-9)62-34-38(4)57-65-64-53(81-57)35-68-22-25-82(76,77)26-23-68)33-61(6,7)36-80-60(75)48-17-14-21-70(66-48)58(73)50(29-40-27-43(42)30-44(71)28-40)63-56(72)54(37(2)3)67(8)59(74)55-45(20-24-79-55)41-15-12-11-13-16-41/h11-13,15-16,18-19,27-28,30-32,34,37,39,45,48,50,54-55,66,71H,4,10,14,17,20-26,29,33,35-36H2,1-3,5-9H3,(H,63,72)/b49-32+,62-34?/t39-,45+,48-,50-,54-,55+/m0/s1. The Morgan fingerprint density at radius 1 is 1.02 bits per heavy atom. The Balaban J connectivity index is 1.06. The molecule has 21 heteroatoms. The predicted molar refractivity (Wildman–Crippen MR) is 312 cm³/mol. The van der Waals surface area contributed by atoms with E-state index in [1.165, 1.54) is 9.91 Å². The van der Waals surface area contributed by atoms with Crippen molar-refractivity contribution in [2.45, 2.75) is 123 Å². The van der Waals surface area contributed by atoms with Crippen LogP contribution in [0.4, 0.5) is 0 Å². The number of phenols is 1. The van der Waals surface area contributed by atoms with Gasteiger partial charge in [-0.25, -0.2) is 13.8 Å². The summed E-state index contributed by atoms with van der Waals surface area (Å²) in [6.07, 6.45) is 4.20. The molecule has 438 valence electrons. The third kappa shape index (κ3) is 13.6. The maximum Gasteiger partial charge on any atom is 0.324 e. The molecule has 0 spiro atoms. The zero-order chi connectivity index (χ0) is 58.6. The summed E-state index contributed by atoms with van der Waals surface area (Å²) in [6, 6.07) is 17.9. The fourth-order valence-corrected chi connectivity index (χ4v) is 12.9. The fraction of sp³-hybridized carbons (Fsp3) is 0.492. The van der Waals surface area contributed by atoms with Crippen LogP contribution in [0.15, 0.2) is 88.4 Å². The van der Waals surface area contributed by atoms with Crippen LogP contribution in [0.2, 0.25) is 0 Å². The molecule has 3 amide bonds. The first kappa shape index (κ1) is 59.6. The number of nitrogens with zero attached hydrogens (tertiary/aromatic N) is 7. The van der Waals surface area contributed by atoms with Crippen molar-refractivity contribution in [1.29, 1.82) is 0 Å². The molecule has 3 aromatic carbocycles. The molecule has 0 saturated carbocycles. The average molecular weight is 1140 g/mol. The quantitative estimate of drug-likeness (QED) is 0.0748. The van der Waals surface area contributed by atoms with Gasteiger partial charge in [-0.3, -0.25) is 34.1 Å². The van der Waals surface area contributed by atoms with Crippen LogP contribution in [0.5, 0.6) is 5.75 Å². The molecule has 20 nitrogen and oxygen atoms in total. The lowest BCUT2D eigenvalue weighted by molar-refractivity contribution is -0.155. The largest absolute Gasteiger partial charge is 0.508 e. The van der Waals surface area contributed by atoms with Crippen molar-refractivity contribution in [2.24, 2.45) is 16.3 Å². The maximum atomic E-state index is 14.9. The summed E-state index contributed by atoms with van der Waals surface area (Å²) in [5, 5.41) is 25.2. The third-order valence-corrected chi connectivity index (χ3v) is 17.7. The summed E-state index contributed by atoms with van der Waals surface area (Å²) in [7, 11) is 0.152. The van der Waals surface area contributed by atoms with Gasteiger partial charge in [0.25, 0.3) is 11.8 Å². The number of ether oxygens (including phenoxy) is 3. The summed E-state index contributed by atoms with van der Waals surface area (Å²) in [6.45, 7) is 18.2. The lowest BCUT2D eigenvalue weighted by Gasteiger charge is -2.37. The van der Waals surface area contributed by atoms with E-state index < -0.39 is 63.4 Å². The van der Waals surface area contributed by atoms with Crippen LogP contribution in [-0.2, 0) is 69.2 Å². The number of allylic oxidation sites excluding steroid dienone is 1. The molecular formula is C61H77N9O11S. The Morgan fingerprint density at radius 2 is 1.78 bits per heavy atom. The Labute approximate surface area is 479 Å². The molecule has 6 bridgehead atoms. The number of hydrazine groups is 1. The molecule has 0 unspecified atom stereocenters. The number of benzene rings is 3. The van der Waals surface area contributed by atoms with Crippen LogP contribution in [0.1, 0.15) is 101 Å². The predicted octanol–water partition coefficient (Wildman–Crippen LogP) is 6.51. The fourth-order valence-electron chi connectivity index (χ4n) is 11.6. The Morgan fingerprint density at radius 3 is 2.50 bits per heavy atom. The van der Waals surface area contributed by atoms with Gasteiger partial charge in [0.05, 0.1) is 36.5 Å². The Hall–Kier alpha value is -7.04. The summed E-state index contributed by atoms with van der Waals surface area (Å²) in [5.74, 6) is -1.82. The first-order valence-electron chi connectivity index (χ1n) is 28.3. The normalized spacial score (nSPS) is 22.5. The van der Waals surface area contributed by atoms with Gasteiger partial charge in [0, 0.05) is 93.1 Å². The van der Waals surface area contributed by atoms with E-state index in [2.05, 4.69) is 45.1 Å². The van der Waals surface area contributed by atoms with E-state index in [9.17, 15) is 32.7 Å². The van der Waals surface area contributed by atoms with Gasteiger partial charge in [-0.15, -0.1) is 10.2 Å². The number of aliphatic imine (C=N–C) groups is 1. The number of likely N-dealkylation sites (N-methyl/N-ethyl adjacent to an activating group) is 1. The van der Waals surface area contributed by atoms with Crippen LogP contribution in [0.3, 0.4) is 0 Å². The van der Waals surface area contributed by atoms with Crippen molar-refractivity contribution < 1.29 is 51.3 Å². The highest BCUT2D eigenvalue weighted by atomic mass is 32.2. The molecule has 5 aromatic rings. The SMILES string of the molecule is C=C(C=N/C(=C/c1c2c3cc(ccc3n1CC)-c1cc(O)cc(c1)C[C@H](NC(=O)[C@H](C(C)C)N(C)C(=O)[C@@H]1OCC[C@@H]1c1ccccc1)C(=O)N1CCC[C@H](N1)C(=O)OCC(C)(C)C2)[C@H](C)OC)c1nnc(CN2CCS(=O)(=O)CC2)o1. The second-order valence-electron chi connectivity index (χ2n) is 23.2. The molecule has 4 aliphatic rings. The average Bonchev–Trinajstić information content (AvgIpc) is 4.18. The van der Waals surface area contributed by atoms with Crippen molar-refractivity contribution in [1.82, 2.24) is 40.3 Å². The van der Waals surface area contributed by atoms with Crippen molar-refractivity contribution in [3.63, 3.8) is 0 Å². The molecule has 0 aliphatic carbocycles. The van der Waals surface area contributed by atoms with E-state index in [0.29, 0.717) is 86.8 Å². The van der Waals surface area contributed by atoms with Crippen molar-refractivity contribution >= 4 is 62.3 Å². The number of phenolic OH excluding ortho intramolecular Hbond substituents is 1. The number of esters is 1. The first-order chi connectivity index (χ1) is 39.1. The van der Waals surface area contributed by atoms with E-state index >= 15 is 0 Å². The second-order valence-corrected chi connectivity index (χ2v) is 25.5. The molecule has 3 fully saturated rings. The summed E-state index contributed by atoms with van der Waals surface area (Å²) >= 11 is 0. The number of rotatable bonds is 15. The lowest BCUT2D eigenvalue weighted by atomic mass is 9.85. The van der Waals surface area contributed by atoms with Crippen LogP contribution in [0, 0.1) is 11.3 Å². The number of aromatic nitrogens is 3. The number of hydrogen-bond donors (Lipinski definition) is 3. The smallest absolute Gasteiger partial charge is 0.324 e. The van der Waals surface area contributed by atoms with Gasteiger partial charge in [-0.2, -0.15) is 0 Å². The topological polar surface area (TPSA) is 240 Å². The second kappa shape index (κ2) is 25.2. The molecule has 82 heavy (non-hydrogen) atoms. The molecule has 4 aliphatic heterocycles. The number of aryl methyl sites for hydroxylation is 1. The minimum Gasteiger partial charge on any atom is -0.508 e. The summed E-state index contributed by atoms with van der Waals surface area (Å²) in [5.41, 5.74) is 9.15. The highest BCUT2D eigenvalue weighted by Crippen LogP contribution is 2.39. The minimum absolute atomic E-state index is 0.0391. The molecule has 6 heterocycles. The van der Waals surface area contributed by atoms with Gasteiger partial charge in [0.2, 0.25) is 17.7 Å². The number of aromatic hydroxyl groups is 1. The zero-order valence-electron chi connectivity index (χ0n) is 48.2. The summed E-state index contributed by atoms with van der Waals surface area (Å²) in [4.78, 5) is 66.5. The molecule has 0 radical (unpaired) electrons. The number of carbonyl (C=O) groups is 4. The Bertz CT molecular complexity index is 3360. The highest BCUT2D eigenvalue weighted by Gasteiger charge is 2.42. The highest BCUT2D eigenvalue weighted by molar-refractivity contribution is 7.91. The van der Waals surface area contributed by atoms with Crippen LogP contribution in [0.25, 0.3) is 33.7 Å². The molecule has 3 saturated heterocycles. The van der Waals surface area contributed by atoms with Gasteiger partial charge in [0.15, 0.2) is 9.84 Å². The number of sulfone groups is 1. The van der Waals surface area contributed by atoms with Gasteiger partial charge < -0.3 is 38.5 Å². The number of hydrogen-bond acceptors (Lipinski definition) is 16. The number of cyclic esters (lactones) is 1. The lowest BCUT2D eigenvalue weighted by Crippen LogP contribution is -2.62. The number of nitrogens with one attached hydrogen (secondary N) is 2. The number of amides is 3. The van der Waals surface area contributed by atoms with E-state index in [4.69, 9.17) is 23.6 Å². The van der Waals surface area contributed by atoms with E-state index in [1.807, 2.05) is 94.1 Å². The zero-order valence-corrected chi connectivity index (χ0v) is 49.0. The first-order valence-corrected chi connectivity index (χ1v) is 30.1. The molecular weight excluding hydrogens is 1070 g/mol. The number of methoxy groups -OCH3 is 1. The molecule has 9 rings (SSSR count). The van der Waals surface area contributed by atoms with Crippen molar-refractivity contribution in [3.8, 4) is 16.9 Å². The van der Waals surface area contributed by atoms with E-state index in [1.54, 1.807) is 32.5 Å². The molecule has 6 atom stereocenters. The third-order valence-electron chi connectivity index (χ3n) is 16.1. The van der Waals surface area contributed by atoms with Crippen molar-refractivity contribution in [2.75, 3.05) is 58.5 Å². The van der Waals surface area contributed by atoms with Gasteiger partial charge in [-0.1, -0.05) is 76.7 Å². The number of carbonyl (C=O) groups excluding carboxylic acids is 4. The van der Waals surface area contributed by atoms with E-state index in [-0.39, 0.29) is 60.5 Å². The van der Waals surface area contributed by atoms with Crippen LogP contribution in [-0.4, -0.2) is 162 Å². The van der Waals surface area contributed by atoms with Gasteiger partial charge in [0.1, 0.15) is 30.0 Å². The number of fused-ring (bicyclic) bond motifs is 6. The monoisotopic (exact) mass is 1140 g/mol. The van der Waals surface area contributed by atoms with E-state index in [0.717, 1.165) is 33.3 Å². The maximum absolute atomic E-state index is 14.9. The van der Waals surface area contributed by atoms with Crippen LogP contribution < -0.4 is 10.7 Å². The van der Waals surface area contributed by atoms with Gasteiger partial charge in [-0.05, 0) is 104 Å². The molecule has 2 aromatic heterocycles. The van der Waals surface area contributed by atoms with Crippen molar-refractivity contribution in [3.05, 3.63) is 113 Å². The summed E-state index contributed by atoms with van der Waals surface area (Å²) < 4.78 is 50.2.